The van der Waals surface area contributed by atoms with E-state index in [-0.39, 0.29) is 22.7 Å². The maximum Gasteiger partial charge on any atom is 0.348 e. The molecule has 0 saturated heterocycles. The van der Waals surface area contributed by atoms with Gasteiger partial charge >= 0.3 is 5.69 Å². The van der Waals surface area contributed by atoms with E-state index in [0.29, 0.717) is 12.2 Å². The van der Waals surface area contributed by atoms with E-state index in [2.05, 4.69) is 15.3 Å². The fourth-order valence-corrected chi connectivity index (χ4v) is 1.42. The predicted molar refractivity (Wildman–Crippen MR) is 61.8 cm³/mol. The summed E-state index contributed by atoms with van der Waals surface area (Å²) < 4.78 is 0. The minimum absolute atomic E-state index is 0.0365. The van der Waals surface area contributed by atoms with Crippen molar-refractivity contribution >= 4 is 23.1 Å². The lowest BCUT2D eigenvalue weighted by molar-refractivity contribution is -0.384. The van der Waals surface area contributed by atoms with Crippen molar-refractivity contribution in [2.24, 2.45) is 0 Å². The maximum absolute atomic E-state index is 10.8. The highest BCUT2D eigenvalue weighted by Crippen LogP contribution is 2.29. The van der Waals surface area contributed by atoms with Crippen LogP contribution in [0.1, 0.15) is 26.6 Å². The first-order chi connectivity index (χ1) is 7.45. The molecule has 1 N–H and O–H groups in total. The molecule has 0 atom stereocenters. The van der Waals surface area contributed by atoms with Gasteiger partial charge in [0.2, 0.25) is 11.0 Å². The highest BCUT2D eigenvalue weighted by atomic mass is 35.5. The van der Waals surface area contributed by atoms with Crippen LogP contribution in [0.15, 0.2) is 0 Å². The third-order valence-corrected chi connectivity index (χ3v) is 2.08. The number of hydrogen-bond acceptors (Lipinski definition) is 5. The SMILES string of the molecule is CCc1nc(Cl)c([N+](=O)[O-])c(NC(C)C)n1. The van der Waals surface area contributed by atoms with Crippen LogP contribution in [0.4, 0.5) is 11.5 Å². The molecule has 1 rings (SSSR count). The molecular formula is C9H13ClN4O2. The smallest absolute Gasteiger partial charge is 0.348 e. The third-order valence-electron chi connectivity index (χ3n) is 1.81. The summed E-state index contributed by atoms with van der Waals surface area (Å²) in [6.45, 7) is 5.59. The van der Waals surface area contributed by atoms with Crippen molar-refractivity contribution < 1.29 is 4.92 Å². The number of nitro groups is 1. The monoisotopic (exact) mass is 244 g/mol. The second-order valence-electron chi connectivity index (χ2n) is 3.54. The van der Waals surface area contributed by atoms with Gasteiger partial charge in [-0.05, 0) is 13.8 Å². The van der Waals surface area contributed by atoms with E-state index in [4.69, 9.17) is 11.6 Å². The van der Waals surface area contributed by atoms with Gasteiger partial charge in [-0.3, -0.25) is 10.1 Å². The first kappa shape index (κ1) is 12.6. The Hall–Kier alpha value is -1.43. The highest BCUT2D eigenvalue weighted by Gasteiger charge is 2.23. The lowest BCUT2D eigenvalue weighted by Crippen LogP contribution is -2.14. The van der Waals surface area contributed by atoms with Gasteiger partial charge in [0.25, 0.3) is 0 Å². The molecule has 0 bridgehead atoms. The Balaban J connectivity index is 3.28. The van der Waals surface area contributed by atoms with E-state index in [1.165, 1.54) is 0 Å². The molecule has 1 heterocycles. The second kappa shape index (κ2) is 5.07. The van der Waals surface area contributed by atoms with Crippen LogP contribution in [0.25, 0.3) is 0 Å². The van der Waals surface area contributed by atoms with Crippen LogP contribution in [0.2, 0.25) is 5.15 Å². The Labute approximate surface area is 98.2 Å². The van der Waals surface area contributed by atoms with Crippen LogP contribution < -0.4 is 5.32 Å². The highest BCUT2D eigenvalue weighted by molar-refractivity contribution is 6.31. The van der Waals surface area contributed by atoms with E-state index in [0.717, 1.165) is 0 Å². The van der Waals surface area contributed by atoms with Gasteiger partial charge < -0.3 is 5.32 Å². The summed E-state index contributed by atoms with van der Waals surface area (Å²) in [6, 6.07) is 0.0365. The molecule has 88 valence electrons. The van der Waals surface area contributed by atoms with Crippen LogP contribution in [0.3, 0.4) is 0 Å². The lowest BCUT2D eigenvalue weighted by atomic mass is 10.3. The van der Waals surface area contributed by atoms with Crippen LogP contribution in [-0.4, -0.2) is 20.9 Å². The molecule has 0 aliphatic rings. The summed E-state index contributed by atoms with van der Waals surface area (Å²) in [5.41, 5.74) is -0.271. The average molecular weight is 245 g/mol. The Bertz CT molecular complexity index is 409. The fraction of sp³-hybridized carbons (Fsp3) is 0.556. The zero-order chi connectivity index (χ0) is 12.3. The minimum atomic E-state index is -0.577. The third kappa shape index (κ3) is 2.79. The van der Waals surface area contributed by atoms with E-state index in [9.17, 15) is 10.1 Å². The normalized spacial score (nSPS) is 10.6. The number of nitrogens with one attached hydrogen (secondary N) is 1. The number of halogens is 1. The number of aromatic nitrogens is 2. The van der Waals surface area contributed by atoms with Crippen molar-refractivity contribution in [1.82, 2.24) is 9.97 Å². The second-order valence-corrected chi connectivity index (χ2v) is 3.90. The molecule has 6 nitrogen and oxygen atoms in total. The number of aryl methyl sites for hydroxylation is 1. The molecule has 7 heteroatoms. The van der Waals surface area contributed by atoms with Gasteiger partial charge in [0, 0.05) is 12.5 Å². The lowest BCUT2D eigenvalue weighted by Gasteiger charge is -2.10. The quantitative estimate of drug-likeness (QED) is 0.500. The molecule has 0 aromatic carbocycles. The van der Waals surface area contributed by atoms with Crippen molar-refractivity contribution in [3.8, 4) is 0 Å². The predicted octanol–water partition coefficient (Wildman–Crippen LogP) is 2.42. The van der Waals surface area contributed by atoms with Crippen LogP contribution in [0.5, 0.6) is 0 Å². The van der Waals surface area contributed by atoms with Gasteiger partial charge in [-0.1, -0.05) is 18.5 Å². The molecule has 0 unspecified atom stereocenters. The summed E-state index contributed by atoms with van der Waals surface area (Å²) in [4.78, 5) is 18.2. The van der Waals surface area contributed by atoms with Gasteiger partial charge in [0.05, 0.1) is 4.92 Å². The Morgan fingerprint density at radius 1 is 1.50 bits per heavy atom. The average Bonchev–Trinajstić information content (AvgIpc) is 2.14. The van der Waals surface area contributed by atoms with E-state index < -0.39 is 4.92 Å². The van der Waals surface area contributed by atoms with Gasteiger partial charge in [0.15, 0.2) is 0 Å². The summed E-state index contributed by atoms with van der Waals surface area (Å²) in [6.07, 6.45) is 0.574. The van der Waals surface area contributed by atoms with Crippen LogP contribution >= 0.6 is 11.6 Å². The van der Waals surface area contributed by atoms with E-state index in [1.54, 1.807) is 0 Å². The van der Waals surface area contributed by atoms with Gasteiger partial charge in [-0.2, -0.15) is 0 Å². The van der Waals surface area contributed by atoms with Gasteiger partial charge in [-0.15, -0.1) is 0 Å². The number of anilines is 1. The largest absolute Gasteiger partial charge is 0.362 e. The van der Waals surface area contributed by atoms with Crippen LogP contribution in [-0.2, 0) is 6.42 Å². The summed E-state index contributed by atoms with van der Waals surface area (Å²) in [5, 5.41) is 13.6. The molecule has 0 spiro atoms. The molecule has 0 radical (unpaired) electrons. The Morgan fingerprint density at radius 2 is 2.12 bits per heavy atom. The summed E-state index contributed by atoms with van der Waals surface area (Å²) >= 11 is 5.76. The van der Waals surface area contributed by atoms with Crippen molar-refractivity contribution in [1.29, 1.82) is 0 Å². The minimum Gasteiger partial charge on any atom is -0.362 e. The number of hydrogen-bond donors (Lipinski definition) is 1. The molecule has 16 heavy (non-hydrogen) atoms. The van der Waals surface area contributed by atoms with Gasteiger partial charge in [0.1, 0.15) is 5.82 Å². The first-order valence-electron chi connectivity index (χ1n) is 4.93. The first-order valence-corrected chi connectivity index (χ1v) is 5.30. The van der Waals surface area contributed by atoms with E-state index >= 15 is 0 Å². The van der Waals surface area contributed by atoms with Crippen molar-refractivity contribution in [2.75, 3.05) is 5.32 Å². The van der Waals surface area contributed by atoms with Crippen molar-refractivity contribution in [3.63, 3.8) is 0 Å². The standard InChI is InChI=1S/C9H13ClN4O2/c1-4-6-12-8(10)7(14(15)16)9(13-6)11-5(2)3/h5H,4H2,1-3H3,(H,11,12,13). The molecule has 0 aliphatic carbocycles. The van der Waals surface area contributed by atoms with Crippen molar-refractivity contribution in [3.05, 3.63) is 21.1 Å². The Kier molecular flexibility index (Phi) is 4.00. The number of nitrogens with zero attached hydrogens (tertiary/aromatic N) is 3. The molecule has 1 aromatic heterocycles. The molecule has 0 aliphatic heterocycles. The summed E-state index contributed by atoms with van der Waals surface area (Å²) in [7, 11) is 0. The summed E-state index contributed by atoms with van der Waals surface area (Å²) in [5.74, 6) is 0.663. The zero-order valence-corrected chi connectivity index (χ0v) is 10.1. The molecule has 0 amide bonds. The fourth-order valence-electron chi connectivity index (χ4n) is 1.16. The molecule has 1 aromatic rings. The zero-order valence-electron chi connectivity index (χ0n) is 9.32. The van der Waals surface area contributed by atoms with Crippen molar-refractivity contribution in [2.45, 2.75) is 33.2 Å². The molecular weight excluding hydrogens is 232 g/mol. The molecule has 0 saturated carbocycles. The maximum atomic E-state index is 10.8. The molecule has 0 fully saturated rings. The van der Waals surface area contributed by atoms with Crippen LogP contribution in [0, 0.1) is 10.1 Å². The van der Waals surface area contributed by atoms with E-state index in [1.807, 2.05) is 20.8 Å². The Morgan fingerprint density at radius 3 is 2.56 bits per heavy atom. The topological polar surface area (TPSA) is 81.0 Å². The number of rotatable bonds is 4. The van der Waals surface area contributed by atoms with Gasteiger partial charge in [-0.25, -0.2) is 9.97 Å².